The highest BCUT2D eigenvalue weighted by Gasteiger charge is 2.33. The van der Waals surface area contributed by atoms with Gasteiger partial charge in [-0.1, -0.05) is 27.7 Å². The van der Waals surface area contributed by atoms with E-state index < -0.39 is 0 Å². The SMILES string of the molecule is CC(C)C[C@H]1CC(CC(C)C[C@@H]2CC(CC(C)C[C@@H]3CCCN3)CN2C)CN1. The summed E-state index contributed by atoms with van der Waals surface area (Å²) in [7, 11) is 2.39. The van der Waals surface area contributed by atoms with Crippen LogP contribution in [0.1, 0.15) is 85.5 Å². The van der Waals surface area contributed by atoms with Gasteiger partial charge >= 0.3 is 0 Å². The standard InChI is InChI=1S/C25H49N3/c1-18(2)9-24-14-21(16-27-24)10-20(4)13-25-15-22(17-28(25)5)11-19(3)12-23-7-6-8-26-23/h18-27H,6-17H2,1-5H3/t19?,20?,21?,22?,23-,24-,25+/m0/s1. The largest absolute Gasteiger partial charge is 0.314 e. The molecule has 3 heteroatoms. The molecule has 3 aliphatic heterocycles. The second kappa shape index (κ2) is 10.8. The highest BCUT2D eigenvalue weighted by Crippen LogP contribution is 2.34. The molecule has 3 saturated heterocycles. The minimum atomic E-state index is 0.784. The van der Waals surface area contributed by atoms with E-state index in [0.29, 0.717) is 0 Å². The number of rotatable bonds is 10. The van der Waals surface area contributed by atoms with Crippen LogP contribution in [0.3, 0.4) is 0 Å². The Morgan fingerprint density at radius 1 is 0.821 bits per heavy atom. The zero-order chi connectivity index (χ0) is 20.1. The van der Waals surface area contributed by atoms with Gasteiger partial charge in [0.15, 0.2) is 0 Å². The molecule has 7 atom stereocenters. The van der Waals surface area contributed by atoms with Crippen LogP contribution in [0, 0.1) is 29.6 Å². The van der Waals surface area contributed by atoms with E-state index in [9.17, 15) is 0 Å². The number of likely N-dealkylation sites (tertiary alicyclic amines) is 1. The quantitative estimate of drug-likeness (QED) is 0.554. The molecule has 3 aliphatic rings. The monoisotopic (exact) mass is 391 g/mol. The molecule has 0 aromatic carbocycles. The van der Waals surface area contributed by atoms with Crippen LogP contribution in [-0.2, 0) is 0 Å². The average Bonchev–Trinajstić information content (AvgIpc) is 3.31. The summed E-state index contributed by atoms with van der Waals surface area (Å²) in [5.41, 5.74) is 0. The van der Waals surface area contributed by atoms with E-state index in [0.717, 1.165) is 47.7 Å². The van der Waals surface area contributed by atoms with Gasteiger partial charge in [0.1, 0.15) is 0 Å². The Labute approximate surface area is 175 Å². The van der Waals surface area contributed by atoms with E-state index in [2.05, 4.69) is 50.3 Å². The van der Waals surface area contributed by atoms with Crippen LogP contribution in [0.4, 0.5) is 0 Å². The average molecular weight is 392 g/mol. The molecular weight excluding hydrogens is 342 g/mol. The van der Waals surface area contributed by atoms with Gasteiger partial charge in [0.05, 0.1) is 0 Å². The Morgan fingerprint density at radius 3 is 2.29 bits per heavy atom. The van der Waals surface area contributed by atoms with Crippen molar-refractivity contribution >= 4 is 0 Å². The molecule has 3 fully saturated rings. The number of hydrogen-bond acceptors (Lipinski definition) is 3. The lowest BCUT2D eigenvalue weighted by molar-refractivity contribution is 0.248. The molecule has 0 amide bonds. The van der Waals surface area contributed by atoms with Crippen molar-refractivity contribution in [2.45, 2.75) is 104 Å². The lowest BCUT2D eigenvalue weighted by atomic mass is 9.85. The van der Waals surface area contributed by atoms with E-state index in [1.807, 2.05) is 0 Å². The molecule has 0 saturated carbocycles. The third kappa shape index (κ3) is 6.99. The van der Waals surface area contributed by atoms with Crippen molar-refractivity contribution in [1.82, 2.24) is 15.5 Å². The first-order valence-corrected chi connectivity index (χ1v) is 12.6. The van der Waals surface area contributed by atoms with Crippen LogP contribution in [0.15, 0.2) is 0 Å². The third-order valence-electron chi connectivity index (χ3n) is 7.84. The molecular formula is C25H49N3. The molecule has 0 bridgehead atoms. The van der Waals surface area contributed by atoms with Crippen molar-refractivity contribution in [3.8, 4) is 0 Å². The van der Waals surface area contributed by atoms with Crippen molar-refractivity contribution in [3.63, 3.8) is 0 Å². The van der Waals surface area contributed by atoms with Gasteiger partial charge in [-0.3, -0.25) is 0 Å². The van der Waals surface area contributed by atoms with Gasteiger partial charge in [0.2, 0.25) is 0 Å². The molecule has 3 rings (SSSR count). The van der Waals surface area contributed by atoms with Crippen LogP contribution in [0.5, 0.6) is 0 Å². The smallest absolute Gasteiger partial charge is 0.00979 e. The summed E-state index contributed by atoms with van der Waals surface area (Å²) in [6.45, 7) is 13.6. The van der Waals surface area contributed by atoms with E-state index in [-0.39, 0.29) is 0 Å². The minimum Gasteiger partial charge on any atom is -0.314 e. The molecule has 3 nitrogen and oxygen atoms in total. The Balaban J connectivity index is 1.35. The van der Waals surface area contributed by atoms with Gasteiger partial charge in [0.25, 0.3) is 0 Å². The Morgan fingerprint density at radius 2 is 1.57 bits per heavy atom. The van der Waals surface area contributed by atoms with E-state index in [4.69, 9.17) is 0 Å². The molecule has 0 aromatic heterocycles. The first-order chi connectivity index (χ1) is 13.4. The maximum atomic E-state index is 3.79. The maximum absolute atomic E-state index is 3.79. The molecule has 0 aromatic rings. The topological polar surface area (TPSA) is 27.3 Å². The number of hydrogen-bond donors (Lipinski definition) is 2. The number of nitrogens with zero attached hydrogens (tertiary/aromatic N) is 1. The molecule has 0 spiro atoms. The fraction of sp³-hybridized carbons (Fsp3) is 1.00. The van der Waals surface area contributed by atoms with E-state index in [1.165, 1.54) is 77.4 Å². The zero-order valence-corrected chi connectivity index (χ0v) is 19.6. The maximum Gasteiger partial charge on any atom is 0.00979 e. The van der Waals surface area contributed by atoms with Gasteiger partial charge < -0.3 is 15.5 Å². The Kier molecular flexibility index (Phi) is 8.68. The molecule has 164 valence electrons. The summed E-state index contributed by atoms with van der Waals surface area (Å²) in [6.07, 6.45) is 12.7. The summed E-state index contributed by atoms with van der Waals surface area (Å²) in [5.74, 6) is 4.43. The Bertz CT molecular complexity index is 445. The van der Waals surface area contributed by atoms with Crippen LogP contribution in [-0.4, -0.2) is 49.7 Å². The predicted molar refractivity (Wildman–Crippen MR) is 122 cm³/mol. The summed E-state index contributed by atoms with van der Waals surface area (Å²) >= 11 is 0. The summed E-state index contributed by atoms with van der Waals surface area (Å²) in [6, 6.07) is 2.42. The zero-order valence-electron chi connectivity index (χ0n) is 19.6. The minimum absolute atomic E-state index is 0.784. The van der Waals surface area contributed by atoms with Crippen molar-refractivity contribution in [1.29, 1.82) is 0 Å². The fourth-order valence-corrected chi connectivity index (χ4v) is 6.71. The second-order valence-corrected chi connectivity index (χ2v) is 11.5. The molecule has 3 heterocycles. The van der Waals surface area contributed by atoms with Crippen LogP contribution in [0.2, 0.25) is 0 Å². The normalized spacial score (nSPS) is 36.4. The summed E-state index contributed by atoms with van der Waals surface area (Å²) < 4.78 is 0. The van der Waals surface area contributed by atoms with Crippen molar-refractivity contribution in [2.75, 3.05) is 26.7 Å². The highest BCUT2D eigenvalue weighted by molar-refractivity contribution is 4.88. The van der Waals surface area contributed by atoms with Gasteiger partial charge in [-0.15, -0.1) is 0 Å². The highest BCUT2D eigenvalue weighted by atomic mass is 15.2. The molecule has 0 aliphatic carbocycles. The van der Waals surface area contributed by atoms with E-state index in [1.54, 1.807) is 0 Å². The molecule has 4 unspecified atom stereocenters. The van der Waals surface area contributed by atoms with Crippen molar-refractivity contribution < 1.29 is 0 Å². The predicted octanol–water partition coefficient (Wildman–Crippen LogP) is 4.92. The first kappa shape index (κ1) is 22.6. The van der Waals surface area contributed by atoms with Crippen LogP contribution < -0.4 is 10.6 Å². The van der Waals surface area contributed by atoms with Crippen molar-refractivity contribution in [2.24, 2.45) is 29.6 Å². The van der Waals surface area contributed by atoms with Gasteiger partial charge in [-0.05, 0) is 108 Å². The lowest BCUT2D eigenvalue weighted by Gasteiger charge is -2.24. The molecule has 28 heavy (non-hydrogen) atoms. The lowest BCUT2D eigenvalue weighted by Crippen LogP contribution is -2.27. The summed E-state index contributed by atoms with van der Waals surface area (Å²) in [4.78, 5) is 2.69. The number of nitrogens with one attached hydrogen (secondary N) is 2. The summed E-state index contributed by atoms with van der Waals surface area (Å²) in [5, 5.41) is 7.48. The first-order valence-electron chi connectivity index (χ1n) is 12.6. The van der Waals surface area contributed by atoms with Crippen molar-refractivity contribution in [3.05, 3.63) is 0 Å². The van der Waals surface area contributed by atoms with Crippen LogP contribution >= 0.6 is 0 Å². The second-order valence-electron chi connectivity index (χ2n) is 11.5. The van der Waals surface area contributed by atoms with Gasteiger partial charge in [-0.25, -0.2) is 0 Å². The third-order valence-corrected chi connectivity index (χ3v) is 7.84. The Hall–Kier alpha value is -0.120. The van der Waals surface area contributed by atoms with Gasteiger partial charge in [0, 0.05) is 24.7 Å². The molecule has 2 N–H and O–H groups in total. The van der Waals surface area contributed by atoms with Gasteiger partial charge in [-0.2, -0.15) is 0 Å². The van der Waals surface area contributed by atoms with E-state index >= 15 is 0 Å². The van der Waals surface area contributed by atoms with Crippen LogP contribution in [0.25, 0.3) is 0 Å². The fourth-order valence-electron chi connectivity index (χ4n) is 6.71. The molecule has 0 radical (unpaired) electrons.